The predicted molar refractivity (Wildman–Crippen MR) is 85.2 cm³/mol. The van der Waals surface area contributed by atoms with Gasteiger partial charge in [0.2, 0.25) is 5.91 Å². The Kier molecular flexibility index (Phi) is 4.48. The van der Waals surface area contributed by atoms with E-state index >= 15 is 0 Å². The lowest BCUT2D eigenvalue weighted by Crippen LogP contribution is -2.41. The van der Waals surface area contributed by atoms with Crippen LogP contribution in [0.3, 0.4) is 0 Å². The number of hydrogen-bond donors (Lipinski definition) is 1. The second kappa shape index (κ2) is 6.37. The molecule has 3 rings (SSSR count). The average Bonchev–Trinajstić information content (AvgIpc) is 3.35. The average molecular weight is 304 g/mol. The SMILES string of the molecule is CCN1CCC(CNC(=O)C2(c3ccc(F)cc3)CC2)CC1. The minimum atomic E-state index is -0.391. The summed E-state index contributed by atoms with van der Waals surface area (Å²) in [5, 5.41) is 3.15. The van der Waals surface area contributed by atoms with Crippen LogP contribution < -0.4 is 5.32 Å². The Hall–Kier alpha value is -1.42. The molecule has 0 bridgehead atoms. The van der Waals surface area contributed by atoms with Gasteiger partial charge in [-0.25, -0.2) is 4.39 Å². The molecule has 1 aliphatic carbocycles. The highest BCUT2D eigenvalue weighted by molar-refractivity contribution is 5.91. The van der Waals surface area contributed by atoms with Crippen LogP contribution in [0.15, 0.2) is 24.3 Å². The van der Waals surface area contributed by atoms with Crippen LogP contribution in [-0.2, 0) is 10.2 Å². The maximum Gasteiger partial charge on any atom is 0.230 e. The van der Waals surface area contributed by atoms with Crippen LogP contribution in [0, 0.1) is 11.7 Å². The van der Waals surface area contributed by atoms with Crippen LogP contribution in [0.5, 0.6) is 0 Å². The van der Waals surface area contributed by atoms with Crippen molar-refractivity contribution < 1.29 is 9.18 Å². The van der Waals surface area contributed by atoms with Crippen molar-refractivity contribution in [3.63, 3.8) is 0 Å². The zero-order chi connectivity index (χ0) is 15.6. The van der Waals surface area contributed by atoms with Gasteiger partial charge >= 0.3 is 0 Å². The molecule has 1 aliphatic heterocycles. The van der Waals surface area contributed by atoms with Crippen LogP contribution in [0.2, 0.25) is 0 Å². The highest BCUT2D eigenvalue weighted by Gasteiger charge is 2.51. The van der Waals surface area contributed by atoms with Crippen molar-refractivity contribution in [1.29, 1.82) is 0 Å². The second-order valence-electron chi connectivity index (χ2n) is 6.68. The van der Waals surface area contributed by atoms with Crippen molar-refractivity contribution in [2.75, 3.05) is 26.2 Å². The van der Waals surface area contributed by atoms with Crippen molar-refractivity contribution in [2.45, 2.75) is 38.0 Å². The van der Waals surface area contributed by atoms with E-state index in [0.717, 1.165) is 57.4 Å². The Balaban J connectivity index is 1.53. The molecule has 22 heavy (non-hydrogen) atoms. The van der Waals surface area contributed by atoms with Crippen LogP contribution >= 0.6 is 0 Å². The van der Waals surface area contributed by atoms with Gasteiger partial charge in [0, 0.05) is 6.54 Å². The van der Waals surface area contributed by atoms with Gasteiger partial charge in [-0.3, -0.25) is 4.79 Å². The summed E-state index contributed by atoms with van der Waals surface area (Å²) in [6.07, 6.45) is 4.08. The molecule has 0 spiro atoms. The molecule has 0 aromatic heterocycles. The number of amides is 1. The number of rotatable bonds is 5. The number of likely N-dealkylation sites (tertiary alicyclic amines) is 1. The largest absolute Gasteiger partial charge is 0.355 e. The fourth-order valence-electron chi connectivity index (χ4n) is 3.45. The lowest BCUT2D eigenvalue weighted by molar-refractivity contribution is -0.123. The third kappa shape index (κ3) is 3.17. The Bertz CT molecular complexity index is 516. The number of hydrogen-bond acceptors (Lipinski definition) is 2. The van der Waals surface area contributed by atoms with E-state index in [9.17, 15) is 9.18 Å². The van der Waals surface area contributed by atoms with E-state index in [1.807, 2.05) is 0 Å². The molecule has 1 saturated heterocycles. The minimum Gasteiger partial charge on any atom is -0.355 e. The van der Waals surface area contributed by atoms with Gasteiger partial charge in [0.1, 0.15) is 5.82 Å². The first kappa shape index (κ1) is 15.5. The lowest BCUT2D eigenvalue weighted by atomic mass is 9.93. The quantitative estimate of drug-likeness (QED) is 0.907. The van der Waals surface area contributed by atoms with Crippen LogP contribution in [-0.4, -0.2) is 37.0 Å². The monoisotopic (exact) mass is 304 g/mol. The molecule has 0 atom stereocenters. The van der Waals surface area contributed by atoms with Gasteiger partial charge in [0.15, 0.2) is 0 Å². The maximum atomic E-state index is 13.0. The van der Waals surface area contributed by atoms with E-state index < -0.39 is 5.41 Å². The first-order chi connectivity index (χ1) is 10.6. The van der Waals surface area contributed by atoms with E-state index in [0.29, 0.717) is 5.92 Å². The number of carbonyl (C=O) groups excluding carboxylic acids is 1. The molecule has 2 fully saturated rings. The van der Waals surface area contributed by atoms with Crippen molar-refractivity contribution in [2.24, 2.45) is 5.92 Å². The molecule has 1 saturated carbocycles. The first-order valence-electron chi connectivity index (χ1n) is 8.41. The molecular weight excluding hydrogens is 279 g/mol. The molecular formula is C18H25FN2O. The lowest BCUT2D eigenvalue weighted by Gasteiger charge is -2.31. The summed E-state index contributed by atoms with van der Waals surface area (Å²) >= 11 is 0. The zero-order valence-electron chi connectivity index (χ0n) is 13.3. The Morgan fingerprint density at radius 3 is 2.45 bits per heavy atom. The Morgan fingerprint density at radius 1 is 1.27 bits per heavy atom. The van der Waals surface area contributed by atoms with E-state index in [1.54, 1.807) is 12.1 Å². The summed E-state index contributed by atoms with van der Waals surface area (Å²) in [7, 11) is 0. The zero-order valence-corrected chi connectivity index (χ0v) is 13.3. The molecule has 120 valence electrons. The van der Waals surface area contributed by atoms with Gasteiger partial charge in [-0.05, 0) is 68.9 Å². The molecule has 4 heteroatoms. The minimum absolute atomic E-state index is 0.122. The van der Waals surface area contributed by atoms with Crippen LogP contribution in [0.25, 0.3) is 0 Å². The van der Waals surface area contributed by atoms with Gasteiger partial charge in [-0.2, -0.15) is 0 Å². The van der Waals surface area contributed by atoms with Crippen molar-refractivity contribution in [1.82, 2.24) is 10.2 Å². The molecule has 2 aliphatic rings. The molecule has 1 heterocycles. The molecule has 1 aromatic carbocycles. The summed E-state index contributed by atoms with van der Waals surface area (Å²) in [6, 6.07) is 6.40. The van der Waals surface area contributed by atoms with E-state index in [4.69, 9.17) is 0 Å². The fourth-order valence-corrected chi connectivity index (χ4v) is 3.45. The number of nitrogens with zero attached hydrogens (tertiary/aromatic N) is 1. The van der Waals surface area contributed by atoms with Gasteiger partial charge in [0.05, 0.1) is 5.41 Å². The number of nitrogens with one attached hydrogen (secondary N) is 1. The Morgan fingerprint density at radius 2 is 1.91 bits per heavy atom. The van der Waals surface area contributed by atoms with Crippen molar-refractivity contribution in [3.8, 4) is 0 Å². The molecule has 0 radical (unpaired) electrons. The molecule has 1 N–H and O–H groups in total. The smallest absolute Gasteiger partial charge is 0.230 e. The van der Waals surface area contributed by atoms with Gasteiger partial charge < -0.3 is 10.2 Å². The first-order valence-corrected chi connectivity index (χ1v) is 8.41. The summed E-state index contributed by atoms with van der Waals surface area (Å²) in [5.74, 6) is 0.468. The summed E-state index contributed by atoms with van der Waals surface area (Å²) < 4.78 is 13.0. The van der Waals surface area contributed by atoms with Gasteiger partial charge in [0.25, 0.3) is 0 Å². The molecule has 1 amide bonds. The molecule has 1 aromatic rings. The van der Waals surface area contributed by atoms with E-state index in [2.05, 4.69) is 17.1 Å². The van der Waals surface area contributed by atoms with E-state index in [1.165, 1.54) is 12.1 Å². The van der Waals surface area contributed by atoms with Crippen LogP contribution in [0.1, 0.15) is 38.2 Å². The predicted octanol–water partition coefficient (Wildman–Crippen LogP) is 2.71. The Labute approximate surface area is 131 Å². The summed E-state index contributed by atoms with van der Waals surface area (Å²) in [5.41, 5.74) is 0.560. The number of piperidine rings is 1. The van der Waals surface area contributed by atoms with Crippen molar-refractivity contribution in [3.05, 3.63) is 35.6 Å². The topological polar surface area (TPSA) is 32.3 Å². The second-order valence-corrected chi connectivity index (χ2v) is 6.68. The fraction of sp³-hybridized carbons (Fsp3) is 0.611. The summed E-state index contributed by atoms with van der Waals surface area (Å²) in [6.45, 7) is 6.37. The number of carbonyl (C=O) groups is 1. The maximum absolute atomic E-state index is 13.0. The normalized spacial score (nSPS) is 21.5. The third-order valence-corrected chi connectivity index (χ3v) is 5.29. The van der Waals surface area contributed by atoms with E-state index in [-0.39, 0.29) is 11.7 Å². The number of halogens is 1. The molecule has 0 unspecified atom stereocenters. The highest BCUT2D eigenvalue weighted by Crippen LogP contribution is 2.48. The molecule has 3 nitrogen and oxygen atoms in total. The highest BCUT2D eigenvalue weighted by atomic mass is 19.1. The van der Waals surface area contributed by atoms with Gasteiger partial charge in [-0.15, -0.1) is 0 Å². The van der Waals surface area contributed by atoms with Crippen molar-refractivity contribution >= 4 is 5.91 Å². The number of benzene rings is 1. The third-order valence-electron chi connectivity index (χ3n) is 5.29. The van der Waals surface area contributed by atoms with Crippen LogP contribution in [0.4, 0.5) is 4.39 Å². The summed E-state index contributed by atoms with van der Waals surface area (Å²) in [4.78, 5) is 15.0. The standard InChI is InChI=1S/C18H25FN2O/c1-2-21-11-7-14(8-12-21)13-20-17(22)18(9-10-18)15-3-5-16(19)6-4-15/h3-6,14H,2,7-13H2,1H3,(H,20,22). The van der Waals surface area contributed by atoms with Gasteiger partial charge in [-0.1, -0.05) is 19.1 Å².